The molecule has 4 nitrogen and oxygen atoms in total. The number of halogens is 2. The molecule has 0 saturated carbocycles. The summed E-state index contributed by atoms with van der Waals surface area (Å²) in [6.07, 6.45) is 0.461. The van der Waals surface area contributed by atoms with Crippen LogP contribution in [-0.2, 0) is 4.74 Å². The van der Waals surface area contributed by atoms with Crippen LogP contribution in [0.2, 0.25) is 0 Å². The van der Waals surface area contributed by atoms with Gasteiger partial charge in [-0.2, -0.15) is 0 Å². The molecule has 0 N–H and O–H groups in total. The van der Waals surface area contributed by atoms with E-state index in [0.717, 1.165) is 12.8 Å². The molecule has 2 atom stereocenters. The van der Waals surface area contributed by atoms with Crippen LogP contribution in [0, 0.1) is 5.82 Å². The molecule has 1 saturated heterocycles. The summed E-state index contributed by atoms with van der Waals surface area (Å²) in [4.78, 5) is 13.2. The Kier molecular flexibility index (Phi) is 6.19. The van der Waals surface area contributed by atoms with E-state index in [4.69, 9.17) is 9.47 Å². The zero-order chi connectivity index (χ0) is 16.8. The van der Waals surface area contributed by atoms with E-state index in [0.29, 0.717) is 25.1 Å². The highest BCUT2D eigenvalue weighted by molar-refractivity contribution is 5.67. The average molecular weight is 327 g/mol. The highest BCUT2D eigenvalue weighted by Crippen LogP contribution is 2.32. The number of rotatable bonds is 5. The Morgan fingerprint density at radius 2 is 2.22 bits per heavy atom. The lowest BCUT2D eigenvalue weighted by Gasteiger charge is -2.34. The monoisotopic (exact) mass is 327 g/mol. The molecule has 1 aromatic rings. The maximum Gasteiger partial charge on any atom is 0.409 e. The van der Waals surface area contributed by atoms with Gasteiger partial charge in [0.1, 0.15) is 6.17 Å². The quantitative estimate of drug-likeness (QED) is 0.770. The summed E-state index contributed by atoms with van der Waals surface area (Å²) in [7, 11) is 1.39. The molecule has 0 spiro atoms. The van der Waals surface area contributed by atoms with Crippen LogP contribution in [0.3, 0.4) is 0 Å². The van der Waals surface area contributed by atoms with Gasteiger partial charge in [0.25, 0.3) is 0 Å². The Hall–Kier alpha value is -1.85. The molecule has 6 heteroatoms. The third-order valence-corrected chi connectivity index (χ3v) is 4.13. The molecule has 0 aliphatic carbocycles. The van der Waals surface area contributed by atoms with Crippen LogP contribution in [0.5, 0.6) is 5.75 Å². The van der Waals surface area contributed by atoms with Crippen molar-refractivity contribution >= 4 is 6.09 Å². The number of likely N-dealkylation sites (tertiary alicyclic amines) is 1. The van der Waals surface area contributed by atoms with Crippen molar-refractivity contribution in [2.24, 2.45) is 0 Å². The minimum atomic E-state index is -1.24. The zero-order valence-corrected chi connectivity index (χ0v) is 13.6. The lowest BCUT2D eigenvalue weighted by atomic mass is 9.88. The second-order valence-electron chi connectivity index (χ2n) is 5.72. The van der Waals surface area contributed by atoms with Gasteiger partial charge in [0.05, 0.1) is 20.3 Å². The van der Waals surface area contributed by atoms with Crippen molar-refractivity contribution in [3.05, 3.63) is 29.6 Å². The van der Waals surface area contributed by atoms with Crippen molar-refractivity contribution in [2.75, 3.05) is 26.8 Å². The fraction of sp³-hybridized carbons (Fsp3) is 0.588. The normalized spacial score (nSPS) is 21.1. The van der Waals surface area contributed by atoms with E-state index >= 15 is 0 Å². The third-order valence-electron chi connectivity index (χ3n) is 4.13. The minimum Gasteiger partial charge on any atom is -0.494 e. The number of unbranched alkanes of at least 4 members (excludes halogenated alkanes) is 1. The molecule has 1 amide bonds. The van der Waals surface area contributed by atoms with Gasteiger partial charge in [-0.25, -0.2) is 13.6 Å². The van der Waals surface area contributed by atoms with Gasteiger partial charge in [-0.05, 0) is 30.5 Å². The number of piperidine rings is 1. The van der Waals surface area contributed by atoms with Crippen molar-refractivity contribution in [3.8, 4) is 5.75 Å². The predicted octanol–water partition coefficient (Wildman–Crippen LogP) is 3.90. The van der Waals surface area contributed by atoms with E-state index in [1.54, 1.807) is 6.07 Å². The lowest BCUT2D eigenvalue weighted by molar-refractivity contribution is 0.0686. The first-order valence-corrected chi connectivity index (χ1v) is 7.96. The molecular formula is C17H23F2NO3. The van der Waals surface area contributed by atoms with E-state index in [1.807, 2.05) is 6.92 Å². The summed E-state index contributed by atoms with van der Waals surface area (Å²) >= 11 is 0. The van der Waals surface area contributed by atoms with Gasteiger partial charge in [0.2, 0.25) is 0 Å². The van der Waals surface area contributed by atoms with Crippen LogP contribution in [-0.4, -0.2) is 44.0 Å². The smallest absolute Gasteiger partial charge is 0.409 e. The largest absolute Gasteiger partial charge is 0.494 e. The summed E-state index contributed by atoms with van der Waals surface area (Å²) in [5.41, 5.74) is 0.592. The molecule has 1 fully saturated rings. The number of benzene rings is 1. The average Bonchev–Trinajstić information content (AvgIpc) is 2.54. The number of ether oxygens (including phenoxy) is 2. The zero-order valence-electron chi connectivity index (χ0n) is 13.6. The lowest BCUT2D eigenvalue weighted by Crippen LogP contribution is -2.44. The van der Waals surface area contributed by atoms with E-state index in [1.165, 1.54) is 24.1 Å². The van der Waals surface area contributed by atoms with Gasteiger partial charge in [-0.1, -0.05) is 19.4 Å². The van der Waals surface area contributed by atoms with Crippen LogP contribution in [0.15, 0.2) is 18.2 Å². The summed E-state index contributed by atoms with van der Waals surface area (Å²) in [6, 6.07) is 4.49. The van der Waals surface area contributed by atoms with Crippen LogP contribution < -0.4 is 4.74 Å². The summed E-state index contributed by atoms with van der Waals surface area (Å²) < 4.78 is 38.2. The molecule has 1 aromatic carbocycles. The summed E-state index contributed by atoms with van der Waals surface area (Å²) in [5, 5.41) is 0. The second-order valence-corrected chi connectivity index (χ2v) is 5.72. The first-order chi connectivity index (χ1) is 11.1. The molecule has 128 valence electrons. The third kappa shape index (κ3) is 4.33. The number of carbonyl (C=O) groups is 1. The van der Waals surface area contributed by atoms with Gasteiger partial charge in [0, 0.05) is 12.5 Å². The van der Waals surface area contributed by atoms with Crippen LogP contribution in [0.1, 0.15) is 37.7 Å². The van der Waals surface area contributed by atoms with Crippen molar-refractivity contribution in [1.82, 2.24) is 4.90 Å². The first kappa shape index (κ1) is 17.5. The Morgan fingerprint density at radius 1 is 1.43 bits per heavy atom. The SMILES string of the molecule is CCCCOC(=O)N1CCC(c2ccc(OC)c(F)c2)C(F)C1. The molecule has 2 rings (SSSR count). The van der Waals surface area contributed by atoms with E-state index < -0.39 is 24.0 Å². The molecule has 23 heavy (non-hydrogen) atoms. The molecule has 1 aliphatic heterocycles. The highest BCUT2D eigenvalue weighted by atomic mass is 19.1. The van der Waals surface area contributed by atoms with Crippen LogP contribution in [0.4, 0.5) is 13.6 Å². The number of nitrogens with zero attached hydrogens (tertiary/aromatic N) is 1. The first-order valence-electron chi connectivity index (χ1n) is 7.96. The van der Waals surface area contributed by atoms with E-state index in [9.17, 15) is 13.6 Å². The predicted molar refractivity (Wildman–Crippen MR) is 83.0 cm³/mol. The van der Waals surface area contributed by atoms with Crippen LogP contribution in [0.25, 0.3) is 0 Å². The van der Waals surface area contributed by atoms with Gasteiger partial charge >= 0.3 is 6.09 Å². The van der Waals surface area contributed by atoms with Gasteiger partial charge < -0.3 is 14.4 Å². The Balaban J connectivity index is 1.96. The number of methoxy groups -OCH3 is 1. The van der Waals surface area contributed by atoms with Crippen molar-refractivity contribution in [3.63, 3.8) is 0 Å². The van der Waals surface area contributed by atoms with Crippen molar-refractivity contribution in [1.29, 1.82) is 0 Å². The molecule has 1 aliphatic rings. The maximum atomic E-state index is 14.4. The topological polar surface area (TPSA) is 38.8 Å². The number of hydrogen-bond acceptors (Lipinski definition) is 3. The fourth-order valence-corrected chi connectivity index (χ4v) is 2.75. The van der Waals surface area contributed by atoms with E-state index in [2.05, 4.69) is 0 Å². The van der Waals surface area contributed by atoms with Gasteiger partial charge in [-0.15, -0.1) is 0 Å². The molecule has 2 unspecified atom stereocenters. The number of amides is 1. The molecule has 0 bridgehead atoms. The Morgan fingerprint density at radius 3 is 2.83 bits per heavy atom. The summed E-state index contributed by atoms with van der Waals surface area (Å²) in [5.74, 6) is -0.783. The molecule has 0 aromatic heterocycles. The standard InChI is InChI=1S/C17H23F2NO3/c1-3-4-9-23-17(21)20-8-7-13(15(19)11-20)12-5-6-16(22-2)14(18)10-12/h5-6,10,13,15H,3-4,7-9,11H2,1-2H3. The number of carbonyl (C=O) groups excluding carboxylic acids is 1. The molecular weight excluding hydrogens is 304 g/mol. The number of hydrogen-bond donors (Lipinski definition) is 0. The maximum absolute atomic E-state index is 14.4. The molecule has 0 radical (unpaired) electrons. The van der Waals surface area contributed by atoms with E-state index in [-0.39, 0.29) is 12.3 Å². The van der Waals surface area contributed by atoms with Crippen molar-refractivity contribution < 1.29 is 23.0 Å². The summed E-state index contributed by atoms with van der Waals surface area (Å²) in [6.45, 7) is 2.74. The van der Waals surface area contributed by atoms with Gasteiger partial charge in [-0.3, -0.25) is 0 Å². The minimum absolute atomic E-state index is 0.0245. The second kappa shape index (κ2) is 8.13. The molecule has 1 heterocycles. The Labute approximate surface area is 135 Å². The number of alkyl halides is 1. The Bertz CT molecular complexity index is 539. The fourth-order valence-electron chi connectivity index (χ4n) is 2.75. The van der Waals surface area contributed by atoms with Gasteiger partial charge in [0.15, 0.2) is 11.6 Å². The van der Waals surface area contributed by atoms with Crippen LogP contribution >= 0.6 is 0 Å². The van der Waals surface area contributed by atoms with Crippen molar-refractivity contribution in [2.45, 2.75) is 38.3 Å². The highest BCUT2D eigenvalue weighted by Gasteiger charge is 2.33.